The van der Waals surface area contributed by atoms with E-state index >= 15 is 0 Å². The predicted octanol–water partition coefficient (Wildman–Crippen LogP) is 20.7. The zero-order chi connectivity index (χ0) is 55.6. The summed E-state index contributed by atoms with van der Waals surface area (Å²) in [6, 6.07) is -0.761. The lowest BCUT2D eigenvalue weighted by Crippen LogP contribution is -2.46. The summed E-state index contributed by atoms with van der Waals surface area (Å²) >= 11 is 0. The molecule has 0 aromatic rings. The molecule has 0 aliphatic heterocycles. The standard InChI is InChI=1S/C67H129N2O6P/c1-6-8-10-12-14-16-18-20-22-24-26-28-30-31-32-33-34-35-36-37-39-41-43-45-47-49-51-53-55-57-59-61-67(71)68-65(64-75-76(72,73)74-63-62-69(3,4)5)66(70)60-58-56-54-52-50-48-46-44-42-40-38-29-27-25-23-21-19-17-15-13-11-9-7-2/h8,10,14,16,20,22,26,28,65-66,70H,6-7,9,11-13,15,17-19,21,23-25,27,29-64H2,1-5H3,(H-,68,71,72,73)/p+1/b10-8-,16-14-,22-20-,28-26-. The Morgan fingerprint density at radius 1 is 0.461 bits per heavy atom. The molecule has 0 aliphatic rings. The first-order valence-electron chi connectivity index (χ1n) is 33.0. The maximum absolute atomic E-state index is 13.1. The van der Waals surface area contributed by atoms with Gasteiger partial charge in [0.05, 0.1) is 39.9 Å². The molecular weight excluding hydrogens is 960 g/mol. The number of unbranched alkanes of at least 4 members (excludes halogenated alkanes) is 40. The molecule has 76 heavy (non-hydrogen) atoms. The lowest BCUT2D eigenvalue weighted by Gasteiger charge is -2.26. The molecule has 0 heterocycles. The molecule has 3 atom stereocenters. The lowest BCUT2D eigenvalue weighted by atomic mass is 10.0. The molecule has 0 rings (SSSR count). The Bertz CT molecular complexity index is 1380. The van der Waals surface area contributed by atoms with E-state index in [1.807, 2.05) is 21.1 Å². The third-order valence-corrected chi connectivity index (χ3v) is 16.1. The summed E-state index contributed by atoms with van der Waals surface area (Å²) in [6.45, 7) is 4.82. The van der Waals surface area contributed by atoms with Crippen molar-refractivity contribution in [3.63, 3.8) is 0 Å². The summed E-state index contributed by atoms with van der Waals surface area (Å²) in [5, 5.41) is 14.1. The van der Waals surface area contributed by atoms with Gasteiger partial charge in [-0.1, -0.05) is 313 Å². The van der Waals surface area contributed by atoms with Gasteiger partial charge in [0, 0.05) is 6.42 Å². The van der Waals surface area contributed by atoms with Crippen molar-refractivity contribution in [3.05, 3.63) is 48.6 Å². The van der Waals surface area contributed by atoms with Gasteiger partial charge in [0.2, 0.25) is 5.91 Å². The molecule has 3 unspecified atom stereocenters. The van der Waals surface area contributed by atoms with Crippen LogP contribution in [0.1, 0.15) is 322 Å². The Morgan fingerprint density at radius 2 is 0.789 bits per heavy atom. The molecule has 0 saturated heterocycles. The highest BCUT2D eigenvalue weighted by atomic mass is 31.2. The molecule has 0 saturated carbocycles. The Hall–Kier alpha value is -1.54. The van der Waals surface area contributed by atoms with Crippen LogP contribution in [0.4, 0.5) is 0 Å². The van der Waals surface area contributed by atoms with E-state index in [2.05, 4.69) is 67.8 Å². The van der Waals surface area contributed by atoms with Crippen LogP contribution in [0.3, 0.4) is 0 Å². The van der Waals surface area contributed by atoms with Crippen LogP contribution in [0.25, 0.3) is 0 Å². The second-order valence-corrected chi connectivity index (χ2v) is 25.3. The summed E-state index contributed by atoms with van der Waals surface area (Å²) in [5.41, 5.74) is 0. The first-order valence-corrected chi connectivity index (χ1v) is 34.5. The average Bonchev–Trinajstić information content (AvgIpc) is 3.38. The lowest BCUT2D eigenvalue weighted by molar-refractivity contribution is -0.870. The van der Waals surface area contributed by atoms with E-state index in [1.165, 1.54) is 231 Å². The van der Waals surface area contributed by atoms with Gasteiger partial charge in [-0.3, -0.25) is 13.8 Å². The number of hydrogen-bond acceptors (Lipinski definition) is 5. The van der Waals surface area contributed by atoms with Crippen molar-refractivity contribution in [2.45, 2.75) is 334 Å². The zero-order valence-electron chi connectivity index (χ0n) is 51.3. The molecule has 448 valence electrons. The van der Waals surface area contributed by atoms with Crippen LogP contribution in [-0.4, -0.2) is 73.4 Å². The minimum atomic E-state index is -4.33. The number of aliphatic hydroxyl groups is 1. The molecule has 3 N–H and O–H groups in total. The van der Waals surface area contributed by atoms with Crippen molar-refractivity contribution in [1.29, 1.82) is 0 Å². The maximum atomic E-state index is 13.1. The van der Waals surface area contributed by atoms with Crippen LogP contribution < -0.4 is 5.32 Å². The van der Waals surface area contributed by atoms with E-state index < -0.39 is 20.0 Å². The van der Waals surface area contributed by atoms with Gasteiger partial charge < -0.3 is 19.8 Å². The van der Waals surface area contributed by atoms with Gasteiger partial charge in [-0.05, 0) is 51.4 Å². The topological polar surface area (TPSA) is 105 Å². The first-order chi connectivity index (χ1) is 37.0. The number of hydrogen-bond donors (Lipinski definition) is 3. The van der Waals surface area contributed by atoms with Crippen LogP contribution >= 0.6 is 7.82 Å². The summed E-state index contributed by atoms with van der Waals surface area (Å²) < 4.78 is 23.9. The average molecular weight is 1090 g/mol. The third kappa shape index (κ3) is 60.1. The van der Waals surface area contributed by atoms with Crippen LogP contribution in [0, 0.1) is 0 Å². The Labute approximate surface area is 473 Å². The number of aliphatic hydroxyl groups excluding tert-OH is 1. The largest absolute Gasteiger partial charge is 0.472 e. The SMILES string of the molecule is CC/C=C\C/C=C\C/C=C\C/C=C\CCCCCCCCCCCCCCCCCCCCC(=O)NC(COP(=O)(O)OCC[N+](C)(C)C)C(O)CCCCCCCCCCCCCCCCCCCCCCCCC. The van der Waals surface area contributed by atoms with Crippen molar-refractivity contribution in [2.24, 2.45) is 0 Å². The summed E-state index contributed by atoms with van der Waals surface area (Å²) in [6.07, 6.45) is 77.7. The minimum Gasteiger partial charge on any atom is -0.391 e. The summed E-state index contributed by atoms with van der Waals surface area (Å²) in [7, 11) is 1.63. The van der Waals surface area contributed by atoms with E-state index in [9.17, 15) is 19.4 Å². The number of carbonyl (C=O) groups excluding carboxylic acids is 1. The number of phosphoric ester groups is 1. The number of quaternary nitrogens is 1. The van der Waals surface area contributed by atoms with Gasteiger partial charge in [-0.25, -0.2) is 4.57 Å². The van der Waals surface area contributed by atoms with E-state index in [4.69, 9.17) is 9.05 Å². The normalized spacial score (nSPS) is 14.0. The smallest absolute Gasteiger partial charge is 0.391 e. The number of allylic oxidation sites excluding steroid dienone is 8. The molecule has 0 aromatic carbocycles. The number of amides is 1. The molecule has 0 bridgehead atoms. The third-order valence-electron chi connectivity index (χ3n) is 15.1. The Morgan fingerprint density at radius 3 is 1.16 bits per heavy atom. The molecule has 1 amide bonds. The molecule has 9 heteroatoms. The molecular formula is C67H130N2O6P+. The summed E-state index contributed by atoms with van der Waals surface area (Å²) in [5.74, 6) is -0.139. The van der Waals surface area contributed by atoms with E-state index in [-0.39, 0.29) is 19.1 Å². The van der Waals surface area contributed by atoms with Crippen molar-refractivity contribution in [1.82, 2.24) is 5.32 Å². The fourth-order valence-corrected chi connectivity index (χ4v) is 10.7. The fraction of sp³-hybridized carbons (Fsp3) is 0.866. The van der Waals surface area contributed by atoms with E-state index in [0.717, 1.165) is 64.2 Å². The molecule has 0 aromatic heterocycles. The van der Waals surface area contributed by atoms with Gasteiger partial charge in [0.1, 0.15) is 13.2 Å². The van der Waals surface area contributed by atoms with Crippen LogP contribution in [0.2, 0.25) is 0 Å². The van der Waals surface area contributed by atoms with Crippen molar-refractivity contribution in [3.8, 4) is 0 Å². The van der Waals surface area contributed by atoms with Crippen molar-refractivity contribution >= 4 is 13.7 Å². The molecule has 0 fully saturated rings. The maximum Gasteiger partial charge on any atom is 0.472 e. The minimum absolute atomic E-state index is 0.0759. The number of carbonyl (C=O) groups is 1. The van der Waals surface area contributed by atoms with Gasteiger partial charge in [-0.15, -0.1) is 0 Å². The second kappa shape index (κ2) is 58.1. The van der Waals surface area contributed by atoms with Gasteiger partial charge in [-0.2, -0.15) is 0 Å². The molecule has 0 radical (unpaired) electrons. The van der Waals surface area contributed by atoms with Crippen molar-refractivity contribution in [2.75, 3.05) is 40.9 Å². The fourth-order valence-electron chi connectivity index (χ4n) is 9.98. The summed E-state index contributed by atoms with van der Waals surface area (Å²) in [4.78, 5) is 23.4. The number of phosphoric acid groups is 1. The zero-order valence-corrected chi connectivity index (χ0v) is 52.2. The Balaban J connectivity index is 4.04. The second-order valence-electron chi connectivity index (χ2n) is 23.8. The van der Waals surface area contributed by atoms with Crippen LogP contribution in [0.15, 0.2) is 48.6 Å². The van der Waals surface area contributed by atoms with Gasteiger partial charge >= 0.3 is 7.82 Å². The van der Waals surface area contributed by atoms with Crippen molar-refractivity contribution < 1.29 is 32.9 Å². The number of nitrogens with zero attached hydrogens (tertiary/aromatic N) is 1. The molecule has 8 nitrogen and oxygen atoms in total. The quantitative estimate of drug-likeness (QED) is 0.0243. The highest BCUT2D eigenvalue weighted by Gasteiger charge is 2.28. The highest BCUT2D eigenvalue weighted by Crippen LogP contribution is 2.43. The number of nitrogens with one attached hydrogen (secondary N) is 1. The van der Waals surface area contributed by atoms with Gasteiger partial charge in [0.25, 0.3) is 0 Å². The van der Waals surface area contributed by atoms with E-state index in [1.54, 1.807) is 0 Å². The van der Waals surface area contributed by atoms with Crippen LogP contribution in [-0.2, 0) is 18.4 Å². The number of rotatable bonds is 61. The van der Waals surface area contributed by atoms with Gasteiger partial charge in [0.15, 0.2) is 0 Å². The predicted molar refractivity (Wildman–Crippen MR) is 332 cm³/mol. The highest BCUT2D eigenvalue weighted by molar-refractivity contribution is 7.47. The molecule has 0 aliphatic carbocycles. The van der Waals surface area contributed by atoms with E-state index in [0.29, 0.717) is 23.9 Å². The first kappa shape index (κ1) is 74.5. The van der Waals surface area contributed by atoms with Crippen LogP contribution in [0.5, 0.6) is 0 Å². The Kier molecular flexibility index (Phi) is 56.9. The molecule has 0 spiro atoms. The monoisotopic (exact) mass is 1090 g/mol. The number of likely N-dealkylation sites (N-methyl/N-ethyl adjacent to an activating group) is 1.